The van der Waals surface area contributed by atoms with E-state index in [1.165, 1.54) is 26.3 Å². The van der Waals surface area contributed by atoms with Crippen LogP contribution in [-0.2, 0) is 24.3 Å². The van der Waals surface area contributed by atoms with E-state index in [9.17, 15) is 9.59 Å². The van der Waals surface area contributed by atoms with E-state index in [-0.39, 0.29) is 17.4 Å². The molecule has 192 valence electrons. The molecule has 1 aromatic carbocycles. The SMILES string of the molecule is COc1cc2ncn(CCCC(=O)N3CCCC(c4nnc5n4CCCCC5)C3)c(=O)c2cc1OC. The van der Waals surface area contributed by atoms with Crippen LogP contribution in [0.3, 0.4) is 0 Å². The van der Waals surface area contributed by atoms with Crippen LogP contribution in [0.15, 0.2) is 23.3 Å². The largest absolute Gasteiger partial charge is 0.493 e. The normalized spacial score (nSPS) is 18.1. The summed E-state index contributed by atoms with van der Waals surface area (Å²) in [6, 6.07) is 3.36. The Morgan fingerprint density at radius 3 is 2.72 bits per heavy atom. The van der Waals surface area contributed by atoms with Gasteiger partial charge in [0, 0.05) is 51.0 Å². The molecule has 2 aliphatic heterocycles. The van der Waals surface area contributed by atoms with Crippen molar-refractivity contribution in [2.75, 3.05) is 27.3 Å². The maximum Gasteiger partial charge on any atom is 0.261 e. The first-order valence-corrected chi connectivity index (χ1v) is 12.9. The molecule has 10 nitrogen and oxygen atoms in total. The molecule has 1 saturated heterocycles. The minimum absolute atomic E-state index is 0.128. The lowest BCUT2D eigenvalue weighted by atomic mass is 9.96. The van der Waals surface area contributed by atoms with Crippen molar-refractivity contribution in [2.45, 2.75) is 70.4 Å². The predicted octanol–water partition coefficient (Wildman–Crippen LogP) is 2.92. The number of hydrogen-bond donors (Lipinski definition) is 0. The van der Waals surface area contributed by atoms with Crippen LogP contribution >= 0.6 is 0 Å². The number of carbonyl (C=O) groups is 1. The smallest absolute Gasteiger partial charge is 0.261 e. The number of rotatable bonds is 7. The number of benzene rings is 1. The quantitative estimate of drug-likeness (QED) is 0.497. The van der Waals surface area contributed by atoms with Gasteiger partial charge in [-0.2, -0.15) is 0 Å². The highest BCUT2D eigenvalue weighted by Crippen LogP contribution is 2.30. The van der Waals surface area contributed by atoms with Gasteiger partial charge in [0.2, 0.25) is 5.91 Å². The number of aromatic nitrogens is 5. The second-order valence-corrected chi connectivity index (χ2v) is 9.69. The number of aryl methyl sites for hydroxylation is 2. The molecule has 2 aliphatic rings. The van der Waals surface area contributed by atoms with Gasteiger partial charge < -0.3 is 18.9 Å². The molecule has 1 atom stereocenters. The van der Waals surface area contributed by atoms with Gasteiger partial charge in [0.25, 0.3) is 5.56 Å². The molecule has 0 radical (unpaired) electrons. The van der Waals surface area contributed by atoms with E-state index in [0.717, 1.165) is 50.4 Å². The minimum atomic E-state index is -0.154. The number of nitrogens with zero attached hydrogens (tertiary/aromatic N) is 6. The summed E-state index contributed by atoms with van der Waals surface area (Å²) in [5.41, 5.74) is 0.398. The van der Waals surface area contributed by atoms with E-state index in [2.05, 4.69) is 19.7 Å². The van der Waals surface area contributed by atoms with E-state index < -0.39 is 0 Å². The van der Waals surface area contributed by atoms with Crippen molar-refractivity contribution in [2.24, 2.45) is 0 Å². The van der Waals surface area contributed by atoms with Crippen LogP contribution in [0.2, 0.25) is 0 Å². The van der Waals surface area contributed by atoms with E-state index in [4.69, 9.17) is 9.47 Å². The van der Waals surface area contributed by atoms with Gasteiger partial charge in [0.05, 0.1) is 31.4 Å². The van der Waals surface area contributed by atoms with Crippen LogP contribution in [0, 0.1) is 0 Å². The number of hydrogen-bond acceptors (Lipinski definition) is 7. The number of methoxy groups -OCH3 is 2. The molecule has 0 aliphatic carbocycles. The Kier molecular flexibility index (Phi) is 7.20. The number of fused-ring (bicyclic) bond motifs is 2. The van der Waals surface area contributed by atoms with Gasteiger partial charge in [-0.1, -0.05) is 6.42 Å². The van der Waals surface area contributed by atoms with Crippen LogP contribution in [0.5, 0.6) is 11.5 Å². The van der Waals surface area contributed by atoms with E-state index >= 15 is 0 Å². The number of amides is 1. The molecule has 0 saturated carbocycles. The van der Waals surface area contributed by atoms with E-state index in [1.807, 2.05) is 4.90 Å². The summed E-state index contributed by atoms with van der Waals surface area (Å²) >= 11 is 0. The van der Waals surface area contributed by atoms with Gasteiger partial charge in [-0.05, 0) is 38.2 Å². The van der Waals surface area contributed by atoms with Crippen LogP contribution in [-0.4, -0.2) is 62.4 Å². The zero-order valence-electron chi connectivity index (χ0n) is 21.1. The molecular formula is C26H34N6O4. The van der Waals surface area contributed by atoms with Crippen LogP contribution in [0.4, 0.5) is 0 Å². The first-order valence-electron chi connectivity index (χ1n) is 12.9. The van der Waals surface area contributed by atoms with Crippen LogP contribution in [0.1, 0.15) is 62.5 Å². The lowest BCUT2D eigenvalue weighted by Crippen LogP contribution is -2.40. The van der Waals surface area contributed by atoms with Crippen LogP contribution < -0.4 is 15.0 Å². The molecule has 0 spiro atoms. The third kappa shape index (κ3) is 4.81. The maximum atomic E-state index is 13.0. The lowest BCUT2D eigenvalue weighted by molar-refractivity contribution is -0.132. The third-order valence-corrected chi connectivity index (χ3v) is 7.40. The molecule has 2 aromatic heterocycles. The van der Waals surface area contributed by atoms with Crippen molar-refractivity contribution >= 4 is 16.8 Å². The average molecular weight is 495 g/mol. The van der Waals surface area contributed by atoms with Gasteiger partial charge in [-0.15, -0.1) is 10.2 Å². The second-order valence-electron chi connectivity index (χ2n) is 9.69. The summed E-state index contributed by atoms with van der Waals surface area (Å²) in [4.78, 5) is 32.4. The fourth-order valence-corrected chi connectivity index (χ4v) is 5.43. The van der Waals surface area contributed by atoms with Gasteiger partial charge in [-0.25, -0.2) is 4.98 Å². The zero-order chi connectivity index (χ0) is 25.1. The minimum Gasteiger partial charge on any atom is -0.493 e. The third-order valence-electron chi connectivity index (χ3n) is 7.40. The predicted molar refractivity (Wildman–Crippen MR) is 134 cm³/mol. The van der Waals surface area contributed by atoms with Gasteiger partial charge in [-0.3, -0.25) is 14.2 Å². The monoisotopic (exact) mass is 494 g/mol. The molecule has 1 fully saturated rings. The molecule has 0 bridgehead atoms. The Morgan fingerprint density at radius 2 is 1.89 bits per heavy atom. The molecule has 36 heavy (non-hydrogen) atoms. The van der Waals surface area contributed by atoms with Gasteiger partial charge in [0.15, 0.2) is 11.5 Å². The number of likely N-dealkylation sites (tertiary alicyclic amines) is 1. The van der Waals surface area contributed by atoms with Crippen molar-refractivity contribution in [3.8, 4) is 11.5 Å². The Labute approximate surface area is 210 Å². The first kappa shape index (κ1) is 24.3. The Morgan fingerprint density at radius 1 is 1.06 bits per heavy atom. The Bertz CT molecular complexity index is 1300. The highest BCUT2D eigenvalue weighted by molar-refractivity contribution is 5.81. The Balaban J connectivity index is 1.21. The van der Waals surface area contributed by atoms with Crippen molar-refractivity contribution in [1.82, 2.24) is 29.2 Å². The summed E-state index contributed by atoms with van der Waals surface area (Å²) in [6.07, 6.45) is 9.06. The maximum absolute atomic E-state index is 13.0. The summed E-state index contributed by atoms with van der Waals surface area (Å²) in [6.45, 7) is 2.87. The fourth-order valence-electron chi connectivity index (χ4n) is 5.43. The highest BCUT2D eigenvalue weighted by Gasteiger charge is 2.29. The van der Waals surface area contributed by atoms with Crippen molar-refractivity contribution in [1.29, 1.82) is 0 Å². The van der Waals surface area contributed by atoms with Gasteiger partial charge >= 0.3 is 0 Å². The average Bonchev–Trinajstić information content (AvgIpc) is 3.17. The standard InChI is InChI=1S/C26H34N6O4/c1-35-21-14-19-20(15-22(21)36-2)27-17-31(26(19)34)12-7-10-24(33)30-11-6-8-18(16-30)25-29-28-23-9-4-3-5-13-32(23)25/h14-15,17-18H,3-13,16H2,1-2H3. The highest BCUT2D eigenvalue weighted by atomic mass is 16.5. The summed E-state index contributed by atoms with van der Waals surface area (Å²) in [7, 11) is 3.09. The molecule has 4 heterocycles. The fraction of sp³-hybridized carbons (Fsp3) is 0.577. The van der Waals surface area contributed by atoms with Crippen LogP contribution in [0.25, 0.3) is 10.9 Å². The summed E-state index contributed by atoms with van der Waals surface area (Å²) in [5.74, 6) is 3.52. The molecule has 0 N–H and O–H groups in total. The summed E-state index contributed by atoms with van der Waals surface area (Å²) < 4.78 is 14.5. The van der Waals surface area contributed by atoms with Gasteiger partial charge in [0.1, 0.15) is 11.6 Å². The van der Waals surface area contributed by atoms with Crippen molar-refractivity contribution < 1.29 is 14.3 Å². The Hall–Kier alpha value is -3.43. The molecule has 5 rings (SSSR count). The lowest BCUT2D eigenvalue weighted by Gasteiger charge is -2.32. The number of ether oxygens (including phenoxy) is 2. The molecule has 1 unspecified atom stereocenters. The van der Waals surface area contributed by atoms with E-state index in [1.54, 1.807) is 23.8 Å². The number of piperidine rings is 1. The summed E-state index contributed by atoms with van der Waals surface area (Å²) in [5, 5.41) is 9.45. The second kappa shape index (κ2) is 10.7. The zero-order valence-corrected chi connectivity index (χ0v) is 21.1. The molecule has 1 amide bonds. The number of carbonyl (C=O) groups excluding carboxylic acids is 1. The van der Waals surface area contributed by atoms with Crippen molar-refractivity contribution in [3.63, 3.8) is 0 Å². The molecular weight excluding hydrogens is 460 g/mol. The van der Waals surface area contributed by atoms with Crippen molar-refractivity contribution in [3.05, 3.63) is 40.5 Å². The molecule has 3 aromatic rings. The molecule has 10 heteroatoms. The topological polar surface area (TPSA) is 104 Å². The first-order chi connectivity index (χ1) is 17.6. The van der Waals surface area contributed by atoms with E-state index in [0.29, 0.717) is 48.3 Å².